The van der Waals surface area contributed by atoms with Crippen LogP contribution in [0.15, 0.2) is 24.3 Å². The number of methoxy groups -OCH3 is 1. The molecule has 1 fully saturated rings. The zero-order chi connectivity index (χ0) is 10.1. The summed E-state index contributed by atoms with van der Waals surface area (Å²) < 4.78 is 5.18. The van der Waals surface area contributed by atoms with E-state index in [2.05, 4.69) is 0 Å². The molecule has 2 N–H and O–H groups in total. The second-order valence-corrected chi connectivity index (χ2v) is 3.24. The summed E-state index contributed by atoms with van der Waals surface area (Å²) in [5, 5.41) is 0. The Morgan fingerprint density at radius 3 is 2.86 bits per heavy atom. The van der Waals surface area contributed by atoms with E-state index in [-0.39, 0.29) is 11.9 Å². The number of para-hydroxylation sites is 2. The topological polar surface area (TPSA) is 55.3 Å². The average molecular weight is 192 g/mol. The number of amides is 1. The standard InChI is InChI=1S/C10H12N2O2/c1-14-9-5-3-2-4-7(9)12-6-8(12)10(11)13/h2-5,8H,6H2,1H3,(H2,11,13). The molecule has 1 unspecified atom stereocenters. The van der Waals surface area contributed by atoms with Gasteiger partial charge < -0.3 is 15.4 Å². The van der Waals surface area contributed by atoms with Crippen molar-refractivity contribution in [2.24, 2.45) is 5.73 Å². The fourth-order valence-electron chi connectivity index (χ4n) is 1.52. The molecular weight excluding hydrogens is 180 g/mol. The number of rotatable bonds is 3. The number of benzene rings is 1. The van der Waals surface area contributed by atoms with E-state index < -0.39 is 0 Å². The van der Waals surface area contributed by atoms with Crippen molar-refractivity contribution >= 4 is 11.6 Å². The van der Waals surface area contributed by atoms with E-state index >= 15 is 0 Å². The smallest absolute Gasteiger partial charge is 0.241 e. The molecule has 0 spiro atoms. The first kappa shape index (κ1) is 8.87. The van der Waals surface area contributed by atoms with E-state index in [1.807, 2.05) is 29.2 Å². The summed E-state index contributed by atoms with van der Waals surface area (Å²) in [5.74, 6) is 0.493. The number of anilines is 1. The number of hydrogen-bond donors (Lipinski definition) is 1. The fraction of sp³-hybridized carbons (Fsp3) is 0.300. The number of hydrogen-bond acceptors (Lipinski definition) is 3. The molecule has 1 aliphatic heterocycles. The molecule has 0 bridgehead atoms. The predicted octanol–water partition coefficient (Wildman–Crippen LogP) is 0.369. The largest absolute Gasteiger partial charge is 0.495 e. The second-order valence-electron chi connectivity index (χ2n) is 3.24. The molecule has 0 aliphatic carbocycles. The normalized spacial score (nSPS) is 19.2. The number of nitrogens with zero attached hydrogens (tertiary/aromatic N) is 1. The Labute approximate surface area is 82.3 Å². The summed E-state index contributed by atoms with van der Waals surface area (Å²) in [6.07, 6.45) is 0. The molecule has 1 heterocycles. The molecule has 1 amide bonds. The molecule has 0 aromatic heterocycles. The van der Waals surface area contributed by atoms with Crippen molar-refractivity contribution in [3.8, 4) is 5.75 Å². The molecule has 1 aromatic rings. The van der Waals surface area contributed by atoms with Gasteiger partial charge in [-0.1, -0.05) is 12.1 Å². The first-order valence-corrected chi connectivity index (χ1v) is 4.43. The molecule has 1 aliphatic rings. The van der Waals surface area contributed by atoms with Crippen LogP contribution in [0.5, 0.6) is 5.75 Å². The van der Waals surface area contributed by atoms with E-state index in [1.165, 1.54) is 0 Å². The van der Waals surface area contributed by atoms with Gasteiger partial charge in [0, 0.05) is 6.54 Å². The van der Waals surface area contributed by atoms with Crippen LogP contribution in [0.1, 0.15) is 0 Å². The third-order valence-corrected chi connectivity index (χ3v) is 2.34. The van der Waals surface area contributed by atoms with Gasteiger partial charge in [0.1, 0.15) is 11.8 Å². The van der Waals surface area contributed by atoms with Crippen LogP contribution in [0.3, 0.4) is 0 Å². The van der Waals surface area contributed by atoms with Gasteiger partial charge in [-0.25, -0.2) is 0 Å². The van der Waals surface area contributed by atoms with E-state index in [1.54, 1.807) is 7.11 Å². The second kappa shape index (κ2) is 3.21. The van der Waals surface area contributed by atoms with Crippen LogP contribution in [0.25, 0.3) is 0 Å². The number of nitrogens with two attached hydrogens (primary N) is 1. The van der Waals surface area contributed by atoms with Gasteiger partial charge in [0.15, 0.2) is 0 Å². The van der Waals surface area contributed by atoms with Gasteiger partial charge in [-0.05, 0) is 12.1 Å². The van der Waals surface area contributed by atoms with Gasteiger partial charge in [0.2, 0.25) is 5.91 Å². The Kier molecular flexibility index (Phi) is 2.04. The Morgan fingerprint density at radius 1 is 1.57 bits per heavy atom. The molecule has 0 radical (unpaired) electrons. The molecular formula is C10H12N2O2. The van der Waals surface area contributed by atoms with Crippen LogP contribution < -0.4 is 15.4 Å². The summed E-state index contributed by atoms with van der Waals surface area (Å²) in [4.78, 5) is 12.8. The maximum absolute atomic E-state index is 10.9. The third-order valence-electron chi connectivity index (χ3n) is 2.34. The minimum Gasteiger partial charge on any atom is -0.495 e. The van der Waals surface area contributed by atoms with Crippen LogP contribution in [0, 0.1) is 0 Å². The molecule has 0 saturated carbocycles. The number of primary amides is 1. The average Bonchev–Trinajstić information content (AvgIpc) is 2.97. The highest BCUT2D eigenvalue weighted by Gasteiger charge is 2.40. The van der Waals surface area contributed by atoms with Crippen LogP contribution >= 0.6 is 0 Å². The van der Waals surface area contributed by atoms with Crippen LogP contribution in [0.2, 0.25) is 0 Å². The summed E-state index contributed by atoms with van der Waals surface area (Å²) >= 11 is 0. The minimum absolute atomic E-state index is 0.161. The number of ether oxygens (including phenoxy) is 1. The zero-order valence-corrected chi connectivity index (χ0v) is 7.93. The molecule has 2 rings (SSSR count). The van der Waals surface area contributed by atoms with Gasteiger partial charge in [-0.15, -0.1) is 0 Å². The third kappa shape index (κ3) is 1.39. The predicted molar refractivity (Wildman–Crippen MR) is 53.3 cm³/mol. The molecule has 14 heavy (non-hydrogen) atoms. The summed E-state index contributed by atoms with van der Waals surface area (Å²) in [5.41, 5.74) is 6.13. The molecule has 4 heteroatoms. The summed E-state index contributed by atoms with van der Waals surface area (Å²) in [7, 11) is 1.61. The van der Waals surface area contributed by atoms with Gasteiger partial charge in [-0.2, -0.15) is 0 Å². The highest BCUT2D eigenvalue weighted by atomic mass is 16.5. The maximum atomic E-state index is 10.9. The van der Waals surface area contributed by atoms with Crippen molar-refractivity contribution in [3.05, 3.63) is 24.3 Å². The lowest BCUT2D eigenvalue weighted by atomic mass is 10.3. The molecule has 1 aromatic carbocycles. The molecule has 74 valence electrons. The zero-order valence-electron chi connectivity index (χ0n) is 7.93. The van der Waals surface area contributed by atoms with Crippen molar-refractivity contribution in [1.29, 1.82) is 0 Å². The van der Waals surface area contributed by atoms with Gasteiger partial charge in [0.05, 0.1) is 12.8 Å². The van der Waals surface area contributed by atoms with Crippen molar-refractivity contribution in [2.45, 2.75) is 6.04 Å². The van der Waals surface area contributed by atoms with E-state index in [0.29, 0.717) is 6.54 Å². The van der Waals surface area contributed by atoms with Crippen molar-refractivity contribution in [1.82, 2.24) is 0 Å². The van der Waals surface area contributed by atoms with Crippen LogP contribution in [0.4, 0.5) is 5.69 Å². The molecule has 4 nitrogen and oxygen atoms in total. The van der Waals surface area contributed by atoms with E-state index in [4.69, 9.17) is 10.5 Å². The minimum atomic E-state index is -0.282. The first-order chi connectivity index (χ1) is 6.74. The lowest BCUT2D eigenvalue weighted by molar-refractivity contribution is -0.117. The monoisotopic (exact) mass is 192 g/mol. The maximum Gasteiger partial charge on any atom is 0.241 e. The Balaban J connectivity index is 2.22. The number of carbonyl (C=O) groups excluding carboxylic acids is 1. The summed E-state index contributed by atoms with van der Waals surface area (Å²) in [6, 6.07) is 7.43. The first-order valence-electron chi connectivity index (χ1n) is 4.43. The van der Waals surface area contributed by atoms with Crippen molar-refractivity contribution < 1.29 is 9.53 Å². The Morgan fingerprint density at radius 2 is 2.29 bits per heavy atom. The fourth-order valence-corrected chi connectivity index (χ4v) is 1.52. The lowest BCUT2D eigenvalue weighted by Gasteiger charge is -2.09. The summed E-state index contributed by atoms with van der Waals surface area (Å²) in [6.45, 7) is 0.690. The van der Waals surface area contributed by atoms with Gasteiger partial charge in [-0.3, -0.25) is 4.79 Å². The van der Waals surface area contributed by atoms with Crippen LogP contribution in [-0.2, 0) is 4.79 Å². The Bertz CT molecular complexity index is 365. The highest BCUT2D eigenvalue weighted by molar-refractivity contribution is 5.90. The van der Waals surface area contributed by atoms with Crippen molar-refractivity contribution in [2.75, 3.05) is 18.6 Å². The van der Waals surface area contributed by atoms with E-state index in [9.17, 15) is 4.79 Å². The lowest BCUT2D eigenvalue weighted by Crippen LogP contribution is -2.21. The van der Waals surface area contributed by atoms with E-state index in [0.717, 1.165) is 11.4 Å². The molecule has 1 atom stereocenters. The van der Waals surface area contributed by atoms with Crippen molar-refractivity contribution in [3.63, 3.8) is 0 Å². The number of carbonyl (C=O) groups is 1. The SMILES string of the molecule is COc1ccccc1N1CC1C(N)=O. The Hall–Kier alpha value is -1.71. The van der Waals surface area contributed by atoms with Crippen LogP contribution in [-0.4, -0.2) is 25.6 Å². The van der Waals surface area contributed by atoms with Gasteiger partial charge >= 0.3 is 0 Å². The quantitative estimate of drug-likeness (QED) is 0.704. The molecule has 1 saturated heterocycles. The van der Waals surface area contributed by atoms with Gasteiger partial charge in [0.25, 0.3) is 0 Å². The highest BCUT2D eigenvalue weighted by Crippen LogP contribution is 2.35.